The van der Waals surface area contributed by atoms with Crippen LogP contribution in [0.15, 0.2) is 70.6 Å². The average Bonchev–Trinajstić information content (AvgIpc) is 3.36. The highest BCUT2D eigenvalue weighted by Crippen LogP contribution is 2.36. The van der Waals surface area contributed by atoms with Crippen LogP contribution >= 0.6 is 34.7 Å². The van der Waals surface area contributed by atoms with Gasteiger partial charge in [0.05, 0.1) is 10.6 Å². The van der Waals surface area contributed by atoms with Gasteiger partial charge < -0.3 is 0 Å². The van der Waals surface area contributed by atoms with Crippen molar-refractivity contribution in [2.75, 3.05) is 7.05 Å². The Balaban J connectivity index is 0.000000668. The normalized spacial score (nSPS) is 15.9. The smallest absolute Gasteiger partial charge is 0.266 e. The summed E-state index contributed by atoms with van der Waals surface area (Å²) in [6.45, 7) is 6.45. The summed E-state index contributed by atoms with van der Waals surface area (Å²) >= 11 is 8.99. The summed E-state index contributed by atoms with van der Waals surface area (Å²) in [6.07, 6.45) is 4.58. The molecule has 3 nitrogen and oxygen atoms in total. The van der Waals surface area contributed by atoms with E-state index in [4.69, 9.17) is 11.6 Å². The van der Waals surface area contributed by atoms with Crippen LogP contribution in [-0.4, -0.2) is 23.0 Å². The van der Waals surface area contributed by atoms with Crippen LogP contribution < -0.4 is 0 Å². The molecule has 0 atom stereocenters. The van der Waals surface area contributed by atoms with E-state index < -0.39 is 0 Å². The molecule has 1 aliphatic rings. The topological polar surface area (TPSA) is 32.7 Å². The Morgan fingerprint density at radius 3 is 2.41 bits per heavy atom. The van der Waals surface area contributed by atoms with E-state index in [-0.39, 0.29) is 5.91 Å². The van der Waals surface area contributed by atoms with Gasteiger partial charge in [-0.15, -0.1) is 11.3 Å². The standard InChI is InChI=1S/C22H17ClN2OS2.C4H10/c1-14-4-3-5-15(12-14)19-11-10-18(27-19)13-20-21(26)25(2)22(28-20)24-17-8-6-16(23)7-9-17;1-3-4-2/h3-13H,1-2H3;3-4H2,1-2H3/b20-13-,24-22?;. The minimum atomic E-state index is -0.0387. The predicted octanol–water partition coefficient (Wildman–Crippen LogP) is 8.42. The van der Waals surface area contributed by atoms with E-state index in [1.807, 2.05) is 18.2 Å². The molecule has 0 unspecified atom stereocenters. The van der Waals surface area contributed by atoms with E-state index in [0.29, 0.717) is 15.1 Å². The van der Waals surface area contributed by atoms with Crippen molar-refractivity contribution in [1.29, 1.82) is 0 Å². The van der Waals surface area contributed by atoms with Crippen molar-refractivity contribution in [3.63, 3.8) is 0 Å². The number of unbranched alkanes of at least 4 members (excludes halogenated alkanes) is 1. The van der Waals surface area contributed by atoms with E-state index in [2.05, 4.69) is 62.2 Å². The maximum absolute atomic E-state index is 12.6. The lowest BCUT2D eigenvalue weighted by molar-refractivity contribution is -0.121. The van der Waals surface area contributed by atoms with Crippen molar-refractivity contribution >= 4 is 57.5 Å². The second kappa shape index (κ2) is 11.5. The van der Waals surface area contributed by atoms with Crippen molar-refractivity contribution in [2.24, 2.45) is 4.99 Å². The molecule has 1 aromatic heterocycles. The summed E-state index contributed by atoms with van der Waals surface area (Å²) in [5, 5.41) is 1.32. The zero-order valence-electron chi connectivity index (χ0n) is 18.8. The number of aliphatic imine (C=N–C) groups is 1. The maximum atomic E-state index is 12.6. The van der Waals surface area contributed by atoms with Gasteiger partial charge in [-0.3, -0.25) is 9.69 Å². The predicted molar refractivity (Wildman–Crippen MR) is 142 cm³/mol. The number of carbonyl (C=O) groups excluding carboxylic acids is 1. The number of benzene rings is 2. The third kappa shape index (κ3) is 6.35. The number of hydrogen-bond acceptors (Lipinski definition) is 4. The first-order chi connectivity index (χ1) is 15.4. The molecule has 4 rings (SSSR count). The van der Waals surface area contributed by atoms with Gasteiger partial charge in [0.1, 0.15) is 0 Å². The van der Waals surface area contributed by atoms with Gasteiger partial charge in [-0.1, -0.05) is 68.1 Å². The van der Waals surface area contributed by atoms with Crippen LogP contribution in [0, 0.1) is 6.92 Å². The third-order valence-electron chi connectivity index (χ3n) is 4.76. The van der Waals surface area contributed by atoms with E-state index in [0.717, 1.165) is 10.6 Å². The number of carbonyl (C=O) groups is 1. The highest BCUT2D eigenvalue weighted by Gasteiger charge is 2.30. The number of rotatable bonds is 4. The van der Waals surface area contributed by atoms with Crippen molar-refractivity contribution in [2.45, 2.75) is 33.6 Å². The first-order valence-corrected chi connectivity index (χ1v) is 12.6. The van der Waals surface area contributed by atoms with Crippen LogP contribution in [0.2, 0.25) is 5.02 Å². The monoisotopic (exact) mass is 482 g/mol. The first kappa shape index (κ1) is 24.3. The number of thiophene rings is 1. The maximum Gasteiger partial charge on any atom is 0.266 e. The number of amides is 1. The van der Waals surface area contributed by atoms with Gasteiger partial charge in [0.2, 0.25) is 0 Å². The first-order valence-electron chi connectivity index (χ1n) is 10.6. The number of likely N-dealkylation sites (N-methyl/N-ethyl adjacent to an activating group) is 1. The number of aryl methyl sites for hydroxylation is 1. The molecule has 2 heterocycles. The molecule has 3 aromatic rings. The van der Waals surface area contributed by atoms with Crippen molar-refractivity contribution < 1.29 is 4.79 Å². The molecule has 0 saturated carbocycles. The van der Waals surface area contributed by atoms with Crippen LogP contribution in [0.5, 0.6) is 0 Å². The number of hydrogen-bond donors (Lipinski definition) is 0. The molecule has 166 valence electrons. The van der Waals surface area contributed by atoms with Gasteiger partial charge in [0.15, 0.2) is 5.17 Å². The Labute approximate surface area is 203 Å². The molecule has 1 saturated heterocycles. The van der Waals surface area contributed by atoms with Crippen molar-refractivity contribution in [3.05, 3.63) is 81.0 Å². The van der Waals surface area contributed by atoms with Gasteiger partial charge >= 0.3 is 0 Å². The Morgan fingerprint density at radius 1 is 1.03 bits per heavy atom. The van der Waals surface area contributed by atoms with E-state index in [1.165, 1.54) is 40.6 Å². The second-order valence-electron chi connectivity index (χ2n) is 7.42. The number of amidine groups is 1. The minimum Gasteiger partial charge on any atom is -0.290 e. The van der Waals surface area contributed by atoms with Gasteiger partial charge in [-0.2, -0.15) is 0 Å². The molecule has 32 heavy (non-hydrogen) atoms. The summed E-state index contributed by atoms with van der Waals surface area (Å²) in [4.78, 5) is 21.7. The van der Waals surface area contributed by atoms with Crippen LogP contribution in [0.3, 0.4) is 0 Å². The molecule has 0 bridgehead atoms. The molecule has 0 radical (unpaired) electrons. The summed E-state index contributed by atoms with van der Waals surface area (Å²) in [5.74, 6) is -0.0387. The van der Waals surface area contributed by atoms with Crippen LogP contribution in [0.25, 0.3) is 16.5 Å². The van der Waals surface area contributed by atoms with Gasteiger partial charge in [0.25, 0.3) is 5.91 Å². The van der Waals surface area contributed by atoms with E-state index in [1.54, 1.807) is 35.4 Å². The van der Waals surface area contributed by atoms with Crippen LogP contribution in [-0.2, 0) is 4.79 Å². The lowest BCUT2D eigenvalue weighted by atomic mass is 10.1. The fourth-order valence-corrected chi connectivity index (χ4v) is 4.92. The molecule has 2 aromatic carbocycles. The zero-order valence-corrected chi connectivity index (χ0v) is 21.2. The molecule has 0 aliphatic carbocycles. The summed E-state index contributed by atoms with van der Waals surface area (Å²) in [5.41, 5.74) is 3.20. The Kier molecular flexibility index (Phi) is 8.74. The number of nitrogens with zero attached hydrogens (tertiary/aromatic N) is 2. The second-order valence-corrected chi connectivity index (χ2v) is 9.98. The lowest BCUT2D eigenvalue weighted by Gasteiger charge is -2.06. The Hall–Kier alpha value is -2.34. The van der Waals surface area contributed by atoms with Gasteiger partial charge in [-0.25, -0.2) is 4.99 Å². The molecular weight excluding hydrogens is 456 g/mol. The lowest BCUT2D eigenvalue weighted by Crippen LogP contribution is -2.23. The van der Waals surface area contributed by atoms with E-state index >= 15 is 0 Å². The Morgan fingerprint density at radius 2 is 1.75 bits per heavy atom. The Bertz CT molecular complexity index is 1130. The number of halogens is 1. The van der Waals surface area contributed by atoms with Crippen molar-refractivity contribution in [3.8, 4) is 10.4 Å². The fraction of sp³-hybridized carbons (Fsp3) is 0.231. The van der Waals surface area contributed by atoms with Crippen LogP contribution in [0.1, 0.15) is 37.1 Å². The molecule has 1 amide bonds. The summed E-state index contributed by atoms with van der Waals surface area (Å²) < 4.78 is 0. The summed E-state index contributed by atoms with van der Waals surface area (Å²) in [6, 6.07) is 19.8. The van der Waals surface area contributed by atoms with Gasteiger partial charge in [0, 0.05) is 21.8 Å². The van der Waals surface area contributed by atoms with Crippen molar-refractivity contribution in [1.82, 2.24) is 4.90 Å². The fourth-order valence-electron chi connectivity index (χ4n) is 2.79. The quantitative estimate of drug-likeness (QED) is 0.349. The molecule has 1 aliphatic heterocycles. The minimum absolute atomic E-state index is 0.0387. The van der Waals surface area contributed by atoms with E-state index in [9.17, 15) is 4.79 Å². The molecule has 6 heteroatoms. The van der Waals surface area contributed by atoms with Crippen LogP contribution in [0.4, 0.5) is 5.69 Å². The zero-order chi connectivity index (χ0) is 23.1. The largest absolute Gasteiger partial charge is 0.290 e. The molecule has 0 N–H and O–H groups in total. The number of thioether (sulfide) groups is 1. The molecule has 1 fully saturated rings. The average molecular weight is 483 g/mol. The highest BCUT2D eigenvalue weighted by atomic mass is 35.5. The molecule has 0 spiro atoms. The molecular formula is C26H27ClN2OS2. The third-order valence-corrected chi connectivity index (χ3v) is 7.15. The van der Waals surface area contributed by atoms with Gasteiger partial charge in [-0.05, 0) is 66.7 Å². The highest BCUT2D eigenvalue weighted by molar-refractivity contribution is 8.18. The SMILES string of the molecule is CCCC.Cc1cccc(-c2ccc(/C=C3\SC(=Nc4ccc(Cl)cc4)N(C)C3=O)s2)c1. The summed E-state index contributed by atoms with van der Waals surface area (Å²) in [7, 11) is 1.75.